The van der Waals surface area contributed by atoms with Crippen LogP contribution in [0.5, 0.6) is 0 Å². The molecule has 1 aromatic carbocycles. The van der Waals surface area contributed by atoms with E-state index in [1.54, 1.807) is 12.1 Å². The van der Waals surface area contributed by atoms with Gasteiger partial charge in [-0.1, -0.05) is 30.1 Å². The number of hydrogen-bond donors (Lipinski definition) is 2. The van der Waals surface area contributed by atoms with Crippen molar-refractivity contribution < 1.29 is 4.79 Å². The molecule has 1 heterocycles. The van der Waals surface area contributed by atoms with Gasteiger partial charge in [0.1, 0.15) is 0 Å². The molecular formula is C13H15BrCl2N2O. The summed E-state index contributed by atoms with van der Waals surface area (Å²) < 4.78 is 0.713. The van der Waals surface area contributed by atoms with Crippen LogP contribution in [0.25, 0.3) is 0 Å². The van der Waals surface area contributed by atoms with Gasteiger partial charge in [0.25, 0.3) is 0 Å². The third-order valence-electron chi connectivity index (χ3n) is 3.54. The first kappa shape index (κ1) is 15.1. The first-order valence-electron chi connectivity index (χ1n) is 6.10. The van der Waals surface area contributed by atoms with Gasteiger partial charge in [-0.25, -0.2) is 0 Å². The Morgan fingerprint density at radius 1 is 1.32 bits per heavy atom. The fourth-order valence-electron chi connectivity index (χ4n) is 2.10. The predicted molar refractivity (Wildman–Crippen MR) is 83.0 cm³/mol. The molecule has 1 aliphatic heterocycles. The summed E-state index contributed by atoms with van der Waals surface area (Å²) in [7, 11) is 0. The maximum absolute atomic E-state index is 12.4. The van der Waals surface area contributed by atoms with Crippen molar-refractivity contribution >= 4 is 50.7 Å². The fraction of sp³-hybridized carbons (Fsp3) is 0.462. The Balaban J connectivity index is 2.17. The highest BCUT2D eigenvalue weighted by atomic mass is 79.9. The Hall–Kier alpha value is -0.290. The van der Waals surface area contributed by atoms with E-state index in [0.29, 0.717) is 20.2 Å². The van der Waals surface area contributed by atoms with Crippen LogP contribution in [-0.2, 0) is 4.79 Å². The first-order valence-corrected chi connectivity index (χ1v) is 7.64. The summed E-state index contributed by atoms with van der Waals surface area (Å²) in [6.45, 7) is 3.70. The van der Waals surface area contributed by atoms with Crippen molar-refractivity contribution in [3.63, 3.8) is 0 Å². The SMILES string of the molecule is CC1(C(=O)Nc2ccc(Br)c(Cl)c2Cl)CCNCC1. The van der Waals surface area contributed by atoms with Gasteiger partial charge in [-0.3, -0.25) is 4.79 Å². The van der Waals surface area contributed by atoms with E-state index in [-0.39, 0.29) is 11.3 Å². The molecule has 104 valence electrons. The minimum atomic E-state index is -0.353. The van der Waals surface area contributed by atoms with E-state index >= 15 is 0 Å². The summed E-state index contributed by atoms with van der Waals surface area (Å²) in [6.07, 6.45) is 1.64. The zero-order chi connectivity index (χ0) is 14.0. The molecular weight excluding hydrogens is 351 g/mol. The lowest BCUT2D eigenvalue weighted by atomic mass is 9.80. The van der Waals surface area contributed by atoms with Gasteiger partial charge in [0.2, 0.25) is 5.91 Å². The van der Waals surface area contributed by atoms with E-state index in [1.807, 2.05) is 6.92 Å². The number of anilines is 1. The molecule has 6 heteroatoms. The summed E-state index contributed by atoms with van der Waals surface area (Å²) >= 11 is 15.5. The lowest BCUT2D eigenvalue weighted by Crippen LogP contribution is -2.42. The maximum Gasteiger partial charge on any atom is 0.230 e. The lowest BCUT2D eigenvalue weighted by molar-refractivity contribution is -0.126. The average Bonchev–Trinajstić information content (AvgIpc) is 2.40. The van der Waals surface area contributed by atoms with E-state index in [2.05, 4.69) is 26.6 Å². The van der Waals surface area contributed by atoms with E-state index in [1.165, 1.54) is 0 Å². The van der Waals surface area contributed by atoms with E-state index in [4.69, 9.17) is 23.2 Å². The number of carbonyl (C=O) groups excluding carboxylic acids is 1. The molecule has 19 heavy (non-hydrogen) atoms. The molecule has 0 atom stereocenters. The fourth-order valence-corrected chi connectivity index (χ4v) is 2.92. The number of carbonyl (C=O) groups is 1. The van der Waals surface area contributed by atoms with Crippen molar-refractivity contribution in [2.45, 2.75) is 19.8 Å². The molecule has 1 aromatic rings. The Bertz CT molecular complexity index is 502. The largest absolute Gasteiger partial charge is 0.324 e. The zero-order valence-electron chi connectivity index (χ0n) is 10.5. The van der Waals surface area contributed by atoms with Crippen LogP contribution >= 0.6 is 39.1 Å². The van der Waals surface area contributed by atoms with E-state index < -0.39 is 0 Å². The van der Waals surface area contributed by atoms with Crippen molar-refractivity contribution in [2.24, 2.45) is 5.41 Å². The van der Waals surface area contributed by atoms with Gasteiger partial charge in [-0.05, 0) is 54.0 Å². The molecule has 0 unspecified atom stereocenters. The third-order valence-corrected chi connectivity index (χ3v) is 5.31. The highest BCUT2D eigenvalue weighted by molar-refractivity contribution is 9.10. The molecule has 2 N–H and O–H groups in total. The van der Waals surface area contributed by atoms with Crippen LogP contribution in [0.2, 0.25) is 10.0 Å². The van der Waals surface area contributed by atoms with Crippen molar-refractivity contribution in [3.05, 3.63) is 26.7 Å². The molecule has 1 aliphatic rings. The van der Waals surface area contributed by atoms with Gasteiger partial charge >= 0.3 is 0 Å². The van der Waals surface area contributed by atoms with Crippen molar-refractivity contribution in [1.29, 1.82) is 0 Å². The predicted octanol–water partition coefficient (Wildman–Crippen LogP) is 4.08. The molecule has 0 aromatic heterocycles. The lowest BCUT2D eigenvalue weighted by Gasteiger charge is -2.32. The summed E-state index contributed by atoms with van der Waals surface area (Å²) in [5.74, 6) is -0.00529. The molecule has 2 rings (SSSR count). The molecule has 1 amide bonds. The number of piperidine rings is 1. The quantitative estimate of drug-likeness (QED) is 0.775. The summed E-state index contributed by atoms with van der Waals surface area (Å²) in [4.78, 5) is 12.4. The average molecular weight is 366 g/mol. The molecule has 0 aliphatic carbocycles. The van der Waals surface area contributed by atoms with Crippen LogP contribution in [-0.4, -0.2) is 19.0 Å². The number of benzene rings is 1. The monoisotopic (exact) mass is 364 g/mol. The van der Waals surface area contributed by atoms with Gasteiger partial charge in [-0.15, -0.1) is 0 Å². The van der Waals surface area contributed by atoms with Gasteiger partial charge in [0.05, 0.1) is 15.7 Å². The van der Waals surface area contributed by atoms with Gasteiger partial charge in [0.15, 0.2) is 0 Å². The summed E-state index contributed by atoms with van der Waals surface area (Å²) in [5, 5.41) is 6.91. The first-order chi connectivity index (χ1) is 8.94. The number of nitrogens with one attached hydrogen (secondary N) is 2. The normalized spacial score (nSPS) is 18.1. The second-order valence-corrected chi connectivity index (χ2v) is 6.60. The molecule has 0 bridgehead atoms. The molecule has 3 nitrogen and oxygen atoms in total. The maximum atomic E-state index is 12.4. The smallest absolute Gasteiger partial charge is 0.230 e. The van der Waals surface area contributed by atoms with Gasteiger partial charge < -0.3 is 10.6 Å². The Morgan fingerprint density at radius 3 is 2.58 bits per heavy atom. The minimum absolute atomic E-state index is 0.00529. The van der Waals surface area contributed by atoms with Crippen LogP contribution in [0.15, 0.2) is 16.6 Å². The molecule has 1 fully saturated rings. The molecule has 0 radical (unpaired) electrons. The minimum Gasteiger partial charge on any atom is -0.324 e. The topological polar surface area (TPSA) is 41.1 Å². The van der Waals surface area contributed by atoms with Crippen LogP contribution in [0.3, 0.4) is 0 Å². The van der Waals surface area contributed by atoms with Crippen LogP contribution in [0, 0.1) is 5.41 Å². The molecule has 0 saturated carbocycles. The Kier molecular flexibility index (Phi) is 4.77. The second-order valence-electron chi connectivity index (χ2n) is 4.99. The third kappa shape index (κ3) is 3.24. The Labute approximate surface area is 131 Å². The zero-order valence-corrected chi connectivity index (χ0v) is 13.6. The number of halogens is 3. The number of rotatable bonds is 2. The standard InChI is InChI=1S/C13H15BrCl2N2O/c1-13(4-6-17-7-5-13)12(19)18-9-3-2-8(14)10(15)11(9)16/h2-3,17H,4-7H2,1H3,(H,18,19). The highest BCUT2D eigenvalue weighted by Gasteiger charge is 2.34. The second kappa shape index (κ2) is 6.00. The number of amides is 1. The van der Waals surface area contributed by atoms with Crippen LogP contribution in [0.4, 0.5) is 5.69 Å². The molecule has 0 spiro atoms. The van der Waals surface area contributed by atoms with Crippen molar-refractivity contribution in [3.8, 4) is 0 Å². The van der Waals surface area contributed by atoms with Crippen LogP contribution < -0.4 is 10.6 Å². The van der Waals surface area contributed by atoms with E-state index in [0.717, 1.165) is 25.9 Å². The molecule has 1 saturated heterocycles. The van der Waals surface area contributed by atoms with Crippen LogP contribution in [0.1, 0.15) is 19.8 Å². The van der Waals surface area contributed by atoms with E-state index in [9.17, 15) is 4.79 Å². The van der Waals surface area contributed by atoms with Gasteiger partial charge in [-0.2, -0.15) is 0 Å². The highest BCUT2D eigenvalue weighted by Crippen LogP contribution is 2.37. The Morgan fingerprint density at radius 2 is 1.95 bits per heavy atom. The summed E-state index contributed by atoms with van der Waals surface area (Å²) in [5.41, 5.74) is 0.202. The van der Waals surface area contributed by atoms with Crippen molar-refractivity contribution in [2.75, 3.05) is 18.4 Å². The van der Waals surface area contributed by atoms with Crippen molar-refractivity contribution in [1.82, 2.24) is 5.32 Å². The van der Waals surface area contributed by atoms with Gasteiger partial charge in [0, 0.05) is 9.89 Å². The summed E-state index contributed by atoms with van der Waals surface area (Å²) in [6, 6.07) is 3.52. The number of hydrogen-bond acceptors (Lipinski definition) is 2.